The Labute approximate surface area is 162 Å². The van der Waals surface area contributed by atoms with Crippen molar-refractivity contribution in [3.05, 3.63) is 71.8 Å². The first-order valence-corrected chi connectivity index (χ1v) is 8.99. The predicted molar refractivity (Wildman–Crippen MR) is 99.3 cm³/mol. The minimum Gasteiger partial charge on any atom is -0.453 e. The number of hydrogen-bond donors (Lipinski definition) is 0. The number of nitrogens with zero attached hydrogens (tertiary/aromatic N) is 1. The van der Waals surface area contributed by atoms with E-state index in [0.29, 0.717) is 11.1 Å². The molecule has 0 N–H and O–H groups in total. The molecule has 146 valence electrons. The number of benzene rings is 2. The molecule has 3 rings (SSSR count). The second kappa shape index (κ2) is 8.67. The highest BCUT2D eigenvalue weighted by atomic mass is 16.6. The summed E-state index contributed by atoms with van der Waals surface area (Å²) in [7, 11) is 0. The van der Waals surface area contributed by atoms with E-state index in [0.717, 1.165) is 4.90 Å². The second-order valence-electron chi connectivity index (χ2n) is 6.08. The Morgan fingerprint density at radius 3 is 2.07 bits per heavy atom. The number of rotatable bonds is 7. The smallest absolute Gasteiger partial charge is 0.416 e. The maximum absolute atomic E-state index is 13.2. The highest BCUT2D eigenvalue weighted by molar-refractivity contribution is 5.95. The van der Waals surface area contributed by atoms with E-state index in [1.165, 1.54) is 0 Å². The van der Waals surface area contributed by atoms with Crippen molar-refractivity contribution < 1.29 is 28.6 Å². The fourth-order valence-corrected chi connectivity index (χ4v) is 3.12. The third kappa shape index (κ3) is 3.75. The summed E-state index contributed by atoms with van der Waals surface area (Å²) in [6.45, 7) is 1.71. The van der Waals surface area contributed by atoms with Crippen molar-refractivity contribution >= 4 is 18.0 Å². The largest absolute Gasteiger partial charge is 0.453 e. The molecule has 0 aromatic heterocycles. The average Bonchev–Trinajstić information content (AvgIpc) is 3.17. The highest BCUT2D eigenvalue weighted by Gasteiger charge is 2.45. The number of cyclic esters (lactones) is 1. The van der Waals surface area contributed by atoms with Crippen molar-refractivity contribution in [1.29, 1.82) is 0 Å². The lowest BCUT2D eigenvalue weighted by molar-refractivity contribution is -0.171. The van der Waals surface area contributed by atoms with Gasteiger partial charge in [-0.15, -0.1) is 0 Å². The fourth-order valence-electron chi connectivity index (χ4n) is 3.12. The van der Waals surface area contributed by atoms with Crippen LogP contribution in [0.1, 0.15) is 18.1 Å². The quantitative estimate of drug-likeness (QED) is 0.683. The molecule has 0 spiro atoms. The molecule has 7 heteroatoms. The van der Waals surface area contributed by atoms with Crippen LogP contribution in [0.3, 0.4) is 0 Å². The number of carbonyl (C=O) groups excluding carboxylic acids is 3. The third-order valence-electron chi connectivity index (χ3n) is 4.40. The van der Waals surface area contributed by atoms with E-state index in [2.05, 4.69) is 0 Å². The van der Waals surface area contributed by atoms with Crippen LogP contribution in [0.2, 0.25) is 0 Å². The van der Waals surface area contributed by atoms with Crippen molar-refractivity contribution in [2.45, 2.75) is 12.5 Å². The zero-order valence-corrected chi connectivity index (χ0v) is 15.5. The molecule has 0 radical (unpaired) electrons. The first-order valence-electron chi connectivity index (χ1n) is 8.99. The van der Waals surface area contributed by atoms with Gasteiger partial charge in [0.15, 0.2) is 6.61 Å². The summed E-state index contributed by atoms with van der Waals surface area (Å²) in [4.78, 5) is 37.9. The lowest BCUT2D eigenvalue weighted by Crippen LogP contribution is -2.43. The first-order chi connectivity index (χ1) is 13.6. The van der Waals surface area contributed by atoms with Gasteiger partial charge in [-0.2, -0.15) is 0 Å². The van der Waals surface area contributed by atoms with Crippen molar-refractivity contribution in [3.8, 4) is 0 Å². The van der Waals surface area contributed by atoms with Gasteiger partial charge >= 0.3 is 12.1 Å². The van der Waals surface area contributed by atoms with Crippen LogP contribution in [0.25, 0.3) is 0 Å². The zero-order valence-electron chi connectivity index (χ0n) is 15.5. The molecule has 1 aliphatic rings. The van der Waals surface area contributed by atoms with Crippen LogP contribution < -0.4 is 0 Å². The zero-order chi connectivity index (χ0) is 20.0. The molecule has 7 nitrogen and oxygen atoms in total. The van der Waals surface area contributed by atoms with E-state index in [1.54, 1.807) is 55.5 Å². The molecular weight excluding hydrogens is 362 g/mol. The molecule has 1 saturated heterocycles. The molecular formula is C21H21NO6. The summed E-state index contributed by atoms with van der Waals surface area (Å²) in [5.74, 6) is -1.37. The van der Waals surface area contributed by atoms with E-state index >= 15 is 0 Å². The minimum atomic E-state index is -1.52. The molecule has 0 saturated carbocycles. The van der Waals surface area contributed by atoms with E-state index in [1.807, 2.05) is 12.1 Å². The van der Waals surface area contributed by atoms with Gasteiger partial charge in [-0.3, -0.25) is 4.79 Å². The summed E-state index contributed by atoms with van der Waals surface area (Å²) in [5.41, 5.74) is -0.356. The van der Waals surface area contributed by atoms with Crippen molar-refractivity contribution in [3.63, 3.8) is 0 Å². The first kappa shape index (κ1) is 19.6. The Kier molecular flexibility index (Phi) is 6.06. The van der Waals surface area contributed by atoms with Crippen LogP contribution >= 0.6 is 0 Å². The molecule has 2 aromatic carbocycles. The number of amides is 2. The monoisotopic (exact) mass is 383 g/mol. The van der Waals surface area contributed by atoms with Gasteiger partial charge in [-0.25, -0.2) is 14.5 Å². The normalized spacial score (nSPS) is 13.9. The van der Waals surface area contributed by atoms with Gasteiger partial charge in [-0.05, 0) is 18.1 Å². The van der Waals surface area contributed by atoms with Gasteiger partial charge in [0, 0.05) is 6.61 Å². The van der Waals surface area contributed by atoms with E-state index in [-0.39, 0.29) is 19.8 Å². The standard InChI is InChI=1S/C21H21NO6/c1-2-28-21(16-9-5-3-6-10-16,17-11-7-4-8-12-17)19(24)27-15-18(23)22-13-14-26-20(22)25/h3-12H,2,13-15H2,1H3. The van der Waals surface area contributed by atoms with Crippen LogP contribution in [-0.4, -0.2) is 49.2 Å². The maximum atomic E-state index is 13.2. The Morgan fingerprint density at radius 2 is 1.61 bits per heavy atom. The van der Waals surface area contributed by atoms with Gasteiger partial charge in [0.05, 0.1) is 6.54 Å². The van der Waals surface area contributed by atoms with Gasteiger partial charge in [0.25, 0.3) is 5.91 Å². The fraction of sp³-hybridized carbons (Fsp3) is 0.286. The number of hydrogen-bond acceptors (Lipinski definition) is 6. The summed E-state index contributed by atoms with van der Waals surface area (Å²) in [6, 6.07) is 17.9. The van der Waals surface area contributed by atoms with Crippen molar-refractivity contribution in [2.24, 2.45) is 0 Å². The molecule has 0 aliphatic carbocycles. The molecule has 0 bridgehead atoms. The summed E-state index contributed by atoms with van der Waals surface area (Å²) < 4.78 is 16.0. The Hall–Kier alpha value is -3.19. The molecule has 2 amide bonds. The van der Waals surface area contributed by atoms with Crippen LogP contribution in [0.4, 0.5) is 4.79 Å². The summed E-state index contributed by atoms with van der Waals surface area (Å²) >= 11 is 0. The molecule has 2 aromatic rings. The SMILES string of the molecule is CCOC(C(=O)OCC(=O)N1CCOC1=O)(c1ccccc1)c1ccccc1. The number of ether oxygens (including phenoxy) is 3. The van der Waals surface area contributed by atoms with E-state index < -0.39 is 30.2 Å². The molecule has 0 atom stereocenters. The predicted octanol–water partition coefficient (Wildman–Crippen LogP) is 2.49. The van der Waals surface area contributed by atoms with Crippen LogP contribution in [-0.2, 0) is 29.4 Å². The Balaban J connectivity index is 1.91. The van der Waals surface area contributed by atoms with Crippen molar-refractivity contribution in [1.82, 2.24) is 4.90 Å². The number of carbonyl (C=O) groups is 3. The molecule has 1 aliphatic heterocycles. The number of imide groups is 1. The van der Waals surface area contributed by atoms with E-state index in [9.17, 15) is 14.4 Å². The van der Waals surface area contributed by atoms with Crippen LogP contribution in [0.15, 0.2) is 60.7 Å². The van der Waals surface area contributed by atoms with Gasteiger partial charge in [-0.1, -0.05) is 60.7 Å². The number of esters is 1. The maximum Gasteiger partial charge on any atom is 0.416 e. The lowest BCUT2D eigenvalue weighted by Gasteiger charge is -2.32. The lowest BCUT2D eigenvalue weighted by atomic mass is 9.86. The molecule has 0 unspecified atom stereocenters. The van der Waals surface area contributed by atoms with Crippen LogP contribution in [0, 0.1) is 0 Å². The molecule has 1 fully saturated rings. The average molecular weight is 383 g/mol. The van der Waals surface area contributed by atoms with Gasteiger partial charge in [0.1, 0.15) is 6.61 Å². The second-order valence-corrected chi connectivity index (χ2v) is 6.08. The minimum absolute atomic E-state index is 0.134. The molecule has 1 heterocycles. The highest BCUT2D eigenvalue weighted by Crippen LogP contribution is 2.35. The Bertz CT molecular complexity index is 797. The molecule has 28 heavy (non-hydrogen) atoms. The van der Waals surface area contributed by atoms with Gasteiger partial charge < -0.3 is 14.2 Å². The summed E-state index contributed by atoms with van der Waals surface area (Å²) in [6.07, 6.45) is -0.733. The van der Waals surface area contributed by atoms with Crippen LogP contribution in [0.5, 0.6) is 0 Å². The van der Waals surface area contributed by atoms with E-state index in [4.69, 9.17) is 14.2 Å². The topological polar surface area (TPSA) is 82.1 Å². The Morgan fingerprint density at radius 1 is 1.04 bits per heavy atom. The third-order valence-corrected chi connectivity index (χ3v) is 4.40. The van der Waals surface area contributed by atoms with Crippen molar-refractivity contribution in [2.75, 3.05) is 26.4 Å². The summed E-state index contributed by atoms with van der Waals surface area (Å²) in [5, 5.41) is 0. The van der Waals surface area contributed by atoms with Gasteiger partial charge in [0.2, 0.25) is 5.60 Å².